The Balaban J connectivity index is 1.46. The summed E-state index contributed by atoms with van der Waals surface area (Å²) in [5.74, 6) is -0.159. The van der Waals surface area contributed by atoms with Crippen LogP contribution in [0.15, 0.2) is 50.1 Å². The maximum Gasteiger partial charge on any atom is 0.147 e. The Morgan fingerprint density at radius 2 is 2.12 bits per heavy atom. The lowest BCUT2D eigenvalue weighted by Gasteiger charge is -2.40. The number of halogens is 1. The average Bonchev–Trinajstić information content (AvgIpc) is 3.38. The molecule has 2 unspecified atom stereocenters. The maximum atomic E-state index is 14.9. The molecule has 0 aromatic rings. The molecule has 2 aliphatic carbocycles. The van der Waals surface area contributed by atoms with Crippen LogP contribution in [0.1, 0.15) is 25.7 Å². The van der Waals surface area contributed by atoms with Crippen LogP contribution >= 0.6 is 11.9 Å². The van der Waals surface area contributed by atoms with Crippen molar-refractivity contribution < 1.29 is 9.23 Å². The van der Waals surface area contributed by atoms with Gasteiger partial charge >= 0.3 is 0 Å². The normalized spacial score (nSPS) is 30.8. The molecule has 0 radical (unpaired) electrons. The quantitative estimate of drug-likeness (QED) is 0.433. The first kappa shape index (κ1) is 16.4. The fourth-order valence-corrected chi connectivity index (χ4v) is 5.07. The highest BCUT2D eigenvalue weighted by molar-refractivity contribution is 7.99. The Bertz CT molecular complexity index is 809. The fraction of sp³-hybridized carbons (Fsp3) is 0.526. The van der Waals surface area contributed by atoms with Crippen molar-refractivity contribution in [1.29, 1.82) is 0 Å². The highest BCUT2D eigenvalue weighted by Crippen LogP contribution is 2.45. The third-order valence-electron chi connectivity index (χ3n) is 5.53. The second-order valence-corrected chi connectivity index (χ2v) is 8.09. The summed E-state index contributed by atoms with van der Waals surface area (Å²) in [6, 6.07) is 0.661. The van der Waals surface area contributed by atoms with Gasteiger partial charge in [-0.05, 0) is 36.9 Å². The minimum atomic E-state index is -0.159. The zero-order valence-corrected chi connectivity index (χ0v) is 15.5. The lowest BCUT2D eigenvalue weighted by Crippen LogP contribution is -2.47. The molecule has 26 heavy (non-hydrogen) atoms. The molecule has 0 N–H and O–H groups in total. The molecule has 136 valence electrons. The summed E-state index contributed by atoms with van der Waals surface area (Å²) < 4.78 is 19.3. The summed E-state index contributed by atoms with van der Waals surface area (Å²) in [6.45, 7) is 1.54. The minimum Gasteiger partial charge on any atom is -0.399 e. The molecule has 5 aliphatic rings. The summed E-state index contributed by atoms with van der Waals surface area (Å²) in [5.41, 5.74) is 7.19. The van der Waals surface area contributed by atoms with Crippen LogP contribution in [0, 0.1) is 0 Å². The molecule has 0 spiro atoms. The first-order valence-electron chi connectivity index (χ1n) is 9.15. The summed E-state index contributed by atoms with van der Waals surface area (Å²) >= 11 is 1.60. The third kappa shape index (κ3) is 2.75. The van der Waals surface area contributed by atoms with Gasteiger partial charge in [-0.25, -0.2) is 8.79 Å². The van der Waals surface area contributed by atoms with E-state index in [9.17, 15) is 4.39 Å². The standard InChI is InChI=1S/C19H21FN4OS/c1-25-22-14-4-6-23(7-5-14)18-10-17-12(9-16(18)20)8-13-11-21-26-19(13)24(17)15-2-3-15/h9-11,15,17,19H,2-7H2,1H3. The van der Waals surface area contributed by atoms with Gasteiger partial charge in [-0.2, -0.15) is 0 Å². The van der Waals surface area contributed by atoms with Crippen LogP contribution < -0.4 is 0 Å². The number of hydrogen-bond donors (Lipinski definition) is 0. The number of hydrogen-bond acceptors (Lipinski definition) is 6. The van der Waals surface area contributed by atoms with Gasteiger partial charge < -0.3 is 9.74 Å². The Morgan fingerprint density at radius 3 is 2.85 bits per heavy atom. The topological polar surface area (TPSA) is 40.4 Å². The van der Waals surface area contributed by atoms with Gasteiger partial charge in [0.1, 0.15) is 18.3 Å². The number of nitrogens with zero attached hydrogens (tertiary/aromatic N) is 4. The molecule has 5 nitrogen and oxygen atoms in total. The first-order valence-corrected chi connectivity index (χ1v) is 9.99. The van der Waals surface area contributed by atoms with Gasteiger partial charge in [0, 0.05) is 49.3 Å². The number of allylic oxidation sites excluding steroid dienone is 1. The van der Waals surface area contributed by atoms with Crippen molar-refractivity contribution in [3.8, 4) is 0 Å². The Kier molecular flexibility index (Phi) is 4.03. The molecule has 0 aromatic heterocycles. The smallest absolute Gasteiger partial charge is 0.147 e. The van der Waals surface area contributed by atoms with Crippen LogP contribution in [0.5, 0.6) is 0 Å². The SMILES string of the molecule is CON=C1CCN(C2=CC3C(=C=C4C=NSC4N3C3CC3)C=C2F)CC1. The van der Waals surface area contributed by atoms with E-state index in [-0.39, 0.29) is 17.2 Å². The second-order valence-electron chi connectivity index (χ2n) is 7.22. The monoisotopic (exact) mass is 372 g/mol. The lowest BCUT2D eigenvalue weighted by molar-refractivity contribution is 0.207. The van der Waals surface area contributed by atoms with E-state index in [1.165, 1.54) is 12.8 Å². The molecular weight excluding hydrogens is 351 g/mol. The van der Waals surface area contributed by atoms with E-state index in [1.807, 2.05) is 6.21 Å². The Hall–Kier alpha value is -1.82. The molecule has 2 atom stereocenters. The summed E-state index contributed by atoms with van der Waals surface area (Å²) in [5, 5.41) is 4.27. The van der Waals surface area contributed by atoms with Crippen molar-refractivity contribution in [3.05, 3.63) is 40.6 Å². The Labute approximate surface area is 156 Å². The van der Waals surface area contributed by atoms with E-state index >= 15 is 0 Å². The molecule has 3 aliphatic heterocycles. The van der Waals surface area contributed by atoms with Gasteiger partial charge in [0.2, 0.25) is 0 Å². The van der Waals surface area contributed by atoms with Crippen LogP contribution in [-0.4, -0.2) is 59.4 Å². The highest BCUT2D eigenvalue weighted by Gasteiger charge is 2.45. The molecule has 0 amide bonds. The van der Waals surface area contributed by atoms with Crippen molar-refractivity contribution in [2.45, 2.75) is 43.1 Å². The maximum absolute atomic E-state index is 14.9. The molecular formula is C19H21FN4OS. The molecule has 0 aromatic carbocycles. The summed E-state index contributed by atoms with van der Waals surface area (Å²) in [7, 11) is 1.57. The summed E-state index contributed by atoms with van der Waals surface area (Å²) in [4.78, 5) is 9.52. The molecule has 7 heteroatoms. The molecule has 1 saturated carbocycles. The van der Waals surface area contributed by atoms with E-state index < -0.39 is 0 Å². The molecule has 2 fully saturated rings. The van der Waals surface area contributed by atoms with Crippen LogP contribution in [0.2, 0.25) is 0 Å². The van der Waals surface area contributed by atoms with Crippen LogP contribution in [0.3, 0.4) is 0 Å². The minimum absolute atomic E-state index is 0.0917. The summed E-state index contributed by atoms with van der Waals surface area (Å²) in [6.07, 6.45) is 9.70. The number of fused-ring (bicyclic) bond motifs is 2. The zero-order chi connectivity index (χ0) is 17.7. The average molecular weight is 372 g/mol. The van der Waals surface area contributed by atoms with E-state index in [1.54, 1.807) is 25.1 Å². The Morgan fingerprint density at radius 1 is 1.31 bits per heavy atom. The van der Waals surface area contributed by atoms with E-state index in [2.05, 4.69) is 31.2 Å². The van der Waals surface area contributed by atoms with E-state index in [4.69, 9.17) is 4.84 Å². The van der Waals surface area contributed by atoms with Crippen molar-refractivity contribution in [2.75, 3.05) is 20.2 Å². The van der Waals surface area contributed by atoms with E-state index in [0.29, 0.717) is 6.04 Å². The highest BCUT2D eigenvalue weighted by atomic mass is 32.2. The largest absolute Gasteiger partial charge is 0.399 e. The third-order valence-corrected chi connectivity index (χ3v) is 6.45. The van der Waals surface area contributed by atoms with Crippen LogP contribution in [0.25, 0.3) is 0 Å². The number of piperidine rings is 1. The lowest BCUT2D eigenvalue weighted by atomic mass is 9.93. The van der Waals surface area contributed by atoms with Gasteiger partial charge in [-0.3, -0.25) is 4.90 Å². The molecule has 5 rings (SSSR count). The van der Waals surface area contributed by atoms with Crippen molar-refractivity contribution in [2.24, 2.45) is 9.55 Å². The van der Waals surface area contributed by atoms with Crippen molar-refractivity contribution >= 4 is 23.9 Å². The molecule has 3 heterocycles. The number of rotatable bonds is 3. The van der Waals surface area contributed by atoms with E-state index in [0.717, 1.165) is 48.5 Å². The number of oxime groups is 1. The van der Waals surface area contributed by atoms with Crippen molar-refractivity contribution in [3.63, 3.8) is 0 Å². The zero-order valence-electron chi connectivity index (χ0n) is 14.7. The second kappa shape index (κ2) is 6.41. The van der Waals surface area contributed by atoms with Gasteiger partial charge in [-0.15, -0.1) is 5.73 Å². The first-order chi connectivity index (χ1) is 12.7. The van der Waals surface area contributed by atoms with Crippen LogP contribution in [0.4, 0.5) is 4.39 Å². The molecule has 0 bridgehead atoms. The predicted octanol–water partition coefficient (Wildman–Crippen LogP) is 3.19. The number of likely N-dealkylation sites (tertiary alicyclic amines) is 1. The van der Waals surface area contributed by atoms with Gasteiger partial charge in [0.25, 0.3) is 0 Å². The van der Waals surface area contributed by atoms with Gasteiger partial charge in [0.15, 0.2) is 0 Å². The van der Waals surface area contributed by atoms with Crippen LogP contribution in [-0.2, 0) is 4.84 Å². The van der Waals surface area contributed by atoms with Gasteiger partial charge in [-0.1, -0.05) is 5.16 Å². The molecule has 1 saturated heterocycles. The predicted molar refractivity (Wildman–Crippen MR) is 102 cm³/mol. The van der Waals surface area contributed by atoms with Crippen molar-refractivity contribution in [1.82, 2.24) is 9.80 Å². The fourth-order valence-electron chi connectivity index (χ4n) is 4.13. The van der Waals surface area contributed by atoms with Gasteiger partial charge in [0.05, 0.1) is 17.5 Å².